The van der Waals surface area contributed by atoms with Crippen LogP contribution in [0.2, 0.25) is 0 Å². The van der Waals surface area contributed by atoms with Gasteiger partial charge in [0.05, 0.1) is 11.3 Å². The van der Waals surface area contributed by atoms with E-state index in [-0.39, 0.29) is 18.1 Å². The molecule has 82 valence electrons. The van der Waals surface area contributed by atoms with Crippen LogP contribution in [0, 0.1) is 0 Å². The molecule has 1 rings (SSSR count). The molecule has 1 amide bonds. The molecule has 1 N–H and O–H groups in total. The van der Waals surface area contributed by atoms with Crippen LogP contribution in [0.25, 0.3) is 0 Å². The molecule has 14 heavy (non-hydrogen) atoms. The summed E-state index contributed by atoms with van der Waals surface area (Å²) in [4.78, 5) is 11.4. The van der Waals surface area contributed by atoms with E-state index in [9.17, 15) is 13.2 Å². The molecule has 0 atom stereocenters. The van der Waals surface area contributed by atoms with Crippen molar-refractivity contribution in [2.24, 2.45) is 0 Å². The van der Waals surface area contributed by atoms with Gasteiger partial charge in [0.15, 0.2) is 0 Å². The first kappa shape index (κ1) is 11.5. The fourth-order valence-corrected chi connectivity index (χ4v) is 3.62. The average molecular weight is 220 g/mol. The fourth-order valence-electron chi connectivity index (χ4n) is 1.78. The number of carbonyl (C=O) groups is 1. The van der Waals surface area contributed by atoms with E-state index in [0.717, 1.165) is 4.31 Å². The molecule has 6 heteroatoms. The number of amides is 1. The molecule has 0 spiro atoms. The molecule has 1 saturated heterocycles. The lowest BCUT2D eigenvalue weighted by Crippen LogP contribution is -2.52. The normalized spacial score (nSPS) is 21.6. The molecule has 1 aliphatic heterocycles. The summed E-state index contributed by atoms with van der Waals surface area (Å²) < 4.78 is 24.2. The maximum Gasteiger partial charge on any atom is 0.238 e. The van der Waals surface area contributed by atoms with Crippen molar-refractivity contribution in [1.82, 2.24) is 9.62 Å². The molecular weight excluding hydrogens is 204 g/mol. The lowest BCUT2D eigenvalue weighted by atomic mass is 10.1. The van der Waals surface area contributed by atoms with Crippen LogP contribution in [0.15, 0.2) is 0 Å². The lowest BCUT2D eigenvalue weighted by Gasteiger charge is -2.33. The summed E-state index contributed by atoms with van der Waals surface area (Å²) in [6.45, 7) is 3.94. The van der Waals surface area contributed by atoms with E-state index in [1.807, 2.05) is 0 Å². The molecule has 0 aromatic heterocycles. The van der Waals surface area contributed by atoms with Gasteiger partial charge in [0.2, 0.25) is 15.9 Å². The third-order valence-electron chi connectivity index (χ3n) is 2.24. The molecule has 0 radical (unpaired) electrons. The van der Waals surface area contributed by atoms with Crippen molar-refractivity contribution in [3.8, 4) is 0 Å². The van der Waals surface area contributed by atoms with Crippen molar-refractivity contribution in [1.29, 1.82) is 0 Å². The summed E-state index contributed by atoms with van der Waals surface area (Å²) in [7, 11) is -1.64. The van der Waals surface area contributed by atoms with Crippen LogP contribution in [0.4, 0.5) is 0 Å². The van der Waals surface area contributed by atoms with Crippen molar-refractivity contribution in [3.05, 3.63) is 0 Å². The zero-order valence-electron chi connectivity index (χ0n) is 8.70. The summed E-state index contributed by atoms with van der Waals surface area (Å²) in [6, 6.07) is 0. The van der Waals surface area contributed by atoms with E-state index in [1.165, 1.54) is 0 Å². The van der Waals surface area contributed by atoms with Gasteiger partial charge in [-0.1, -0.05) is 0 Å². The van der Waals surface area contributed by atoms with E-state index in [4.69, 9.17) is 0 Å². The molecule has 1 heterocycles. The Morgan fingerprint density at radius 2 is 2.07 bits per heavy atom. The second-order valence-electron chi connectivity index (χ2n) is 4.07. The van der Waals surface area contributed by atoms with Crippen LogP contribution in [0.5, 0.6) is 0 Å². The Kier molecular flexibility index (Phi) is 2.87. The van der Waals surface area contributed by atoms with E-state index in [1.54, 1.807) is 20.9 Å². The Morgan fingerprint density at radius 3 is 2.43 bits per heavy atom. The highest BCUT2D eigenvalue weighted by atomic mass is 32.2. The summed E-state index contributed by atoms with van der Waals surface area (Å²) in [5, 5.41) is 2.88. The molecule has 1 fully saturated rings. The van der Waals surface area contributed by atoms with Gasteiger partial charge >= 0.3 is 0 Å². The minimum atomic E-state index is -3.37. The van der Waals surface area contributed by atoms with E-state index in [2.05, 4.69) is 5.32 Å². The topological polar surface area (TPSA) is 66.5 Å². The highest BCUT2D eigenvalue weighted by Crippen LogP contribution is 2.25. The Morgan fingerprint density at radius 1 is 1.50 bits per heavy atom. The number of likely N-dealkylation sites (N-methyl/N-ethyl adjacent to an activating group) is 1. The first-order valence-corrected chi connectivity index (χ1v) is 6.13. The van der Waals surface area contributed by atoms with Gasteiger partial charge in [0.25, 0.3) is 0 Å². The van der Waals surface area contributed by atoms with Gasteiger partial charge in [-0.2, -0.15) is 0 Å². The smallest absolute Gasteiger partial charge is 0.238 e. The van der Waals surface area contributed by atoms with Crippen LogP contribution in [0.1, 0.15) is 20.3 Å². The Labute approximate surface area is 84.5 Å². The maximum atomic E-state index is 11.6. The Balaban J connectivity index is 3.01. The highest BCUT2D eigenvalue weighted by Gasteiger charge is 2.44. The summed E-state index contributed by atoms with van der Waals surface area (Å²) in [5.74, 6) is -0.357. The molecule has 0 aromatic rings. The second kappa shape index (κ2) is 3.51. The van der Waals surface area contributed by atoms with Crippen molar-refractivity contribution < 1.29 is 13.2 Å². The maximum absolute atomic E-state index is 11.6. The molecule has 1 aliphatic rings. The zero-order chi connectivity index (χ0) is 11.0. The van der Waals surface area contributed by atoms with Crippen molar-refractivity contribution >= 4 is 15.9 Å². The largest absolute Gasteiger partial charge is 0.317 e. The molecule has 0 aliphatic carbocycles. The quantitative estimate of drug-likeness (QED) is 0.699. The van der Waals surface area contributed by atoms with E-state index < -0.39 is 15.6 Å². The third-order valence-corrected chi connectivity index (χ3v) is 4.21. The van der Waals surface area contributed by atoms with Crippen molar-refractivity contribution in [2.45, 2.75) is 25.8 Å². The lowest BCUT2D eigenvalue weighted by molar-refractivity contribution is -0.128. The molecule has 0 saturated carbocycles. The zero-order valence-corrected chi connectivity index (χ0v) is 9.52. The molecular formula is C8H16N2O3S. The predicted molar refractivity (Wildman–Crippen MR) is 53.3 cm³/mol. The number of sulfonamides is 1. The third kappa shape index (κ3) is 1.90. The second-order valence-corrected chi connectivity index (χ2v) is 6.00. The Bertz CT molecular complexity index is 334. The minimum absolute atomic E-state index is 0.0566. The van der Waals surface area contributed by atoms with Crippen LogP contribution in [0.3, 0.4) is 0 Å². The highest BCUT2D eigenvalue weighted by molar-refractivity contribution is 7.90. The number of carbonyl (C=O) groups excluding carboxylic acids is 1. The summed E-state index contributed by atoms with van der Waals surface area (Å²) in [6.07, 6.45) is 0.107. The summed E-state index contributed by atoms with van der Waals surface area (Å²) in [5.41, 5.74) is -0.679. The number of nitrogens with one attached hydrogen (secondary N) is 1. The number of nitrogens with zero attached hydrogens (tertiary/aromatic N) is 1. The van der Waals surface area contributed by atoms with Gasteiger partial charge in [-0.15, -0.1) is 0 Å². The van der Waals surface area contributed by atoms with Gasteiger partial charge in [-0.05, 0) is 20.9 Å². The molecule has 0 unspecified atom stereocenters. The number of rotatable bonds is 3. The molecule has 0 bridgehead atoms. The number of hydrogen-bond donors (Lipinski definition) is 1. The van der Waals surface area contributed by atoms with Crippen LogP contribution in [-0.2, 0) is 14.8 Å². The van der Waals surface area contributed by atoms with Crippen molar-refractivity contribution in [3.63, 3.8) is 0 Å². The van der Waals surface area contributed by atoms with Gasteiger partial charge in [0, 0.05) is 13.0 Å². The van der Waals surface area contributed by atoms with E-state index >= 15 is 0 Å². The SMILES string of the molecule is CNCC(C)(C)N1C(=O)CCS1(=O)=O. The Hall–Kier alpha value is -0.620. The monoisotopic (exact) mass is 220 g/mol. The van der Waals surface area contributed by atoms with E-state index in [0.29, 0.717) is 6.54 Å². The first-order chi connectivity index (χ1) is 6.31. The molecule has 5 nitrogen and oxygen atoms in total. The predicted octanol–water partition coefficient (Wildman–Crippen LogP) is -0.454. The number of hydrogen-bond acceptors (Lipinski definition) is 4. The van der Waals surface area contributed by atoms with Gasteiger partial charge in [-0.3, -0.25) is 4.79 Å². The van der Waals surface area contributed by atoms with Crippen LogP contribution >= 0.6 is 0 Å². The standard InChI is InChI=1S/C8H16N2O3S/c1-8(2,6-9-3)10-7(11)4-5-14(10,12)13/h9H,4-6H2,1-3H3. The van der Waals surface area contributed by atoms with Gasteiger partial charge in [0.1, 0.15) is 0 Å². The van der Waals surface area contributed by atoms with Gasteiger partial charge < -0.3 is 5.32 Å². The van der Waals surface area contributed by atoms with Crippen LogP contribution < -0.4 is 5.32 Å². The van der Waals surface area contributed by atoms with Gasteiger partial charge in [-0.25, -0.2) is 12.7 Å². The summed E-state index contributed by atoms with van der Waals surface area (Å²) >= 11 is 0. The van der Waals surface area contributed by atoms with Crippen molar-refractivity contribution in [2.75, 3.05) is 19.3 Å². The molecule has 0 aromatic carbocycles. The first-order valence-electron chi connectivity index (χ1n) is 4.52. The van der Waals surface area contributed by atoms with Crippen LogP contribution in [-0.4, -0.2) is 43.5 Å². The average Bonchev–Trinajstić information content (AvgIpc) is 2.25. The minimum Gasteiger partial charge on any atom is -0.317 e. The fraction of sp³-hybridized carbons (Fsp3) is 0.875.